The highest BCUT2D eigenvalue weighted by Gasteiger charge is 2.33. The van der Waals surface area contributed by atoms with E-state index < -0.39 is 5.06 Å². The fraction of sp³-hybridized carbons (Fsp3) is 1.00. The Labute approximate surface area is 41.9 Å². The molecule has 0 aromatic rings. The zero-order chi connectivity index (χ0) is 4.62. The fourth-order valence-corrected chi connectivity index (χ4v) is 0.722. The molecule has 0 N–H and O–H groups in total. The van der Waals surface area contributed by atoms with Crippen LogP contribution in [0.3, 0.4) is 0 Å². The maximum absolute atomic E-state index is 10.3. The Morgan fingerprint density at radius 1 is 1.50 bits per heavy atom. The molecule has 1 aliphatic rings. The molecule has 1 fully saturated rings. The van der Waals surface area contributed by atoms with E-state index in [1.807, 2.05) is 0 Å². The smallest absolute Gasteiger partial charge is 0.176 e. The first-order valence-electron chi connectivity index (χ1n) is 2.10. The Morgan fingerprint density at radius 2 is 1.83 bits per heavy atom. The van der Waals surface area contributed by atoms with Gasteiger partial charge in [-0.25, -0.2) is 5.11 Å². The van der Waals surface area contributed by atoms with Crippen molar-refractivity contribution in [1.82, 2.24) is 0 Å². The Morgan fingerprint density at radius 3 is 1.83 bits per heavy atom. The fourth-order valence-electron chi connectivity index (χ4n) is 0.455. The van der Waals surface area contributed by atoms with Crippen molar-refractivity contribution >= 4 is 11.6 Å². The van der Waals surface area contributed by atoms with Crippen LogP contribution < -0.4 is 0 Å². The van der Waals surface area contributed by atoms with E-state index in [4.69, 9.17) is 11.6 Å². The topological polar surface area (TPSA) is 19.9 Å². The van der Waals surface area contributed by atoms with Crippen LogP contribution in [0.2, 0.25) is 0 Å². The van der Waals surface area contributed by atoms with E-state index in [9.17, 15) is 5.11 Å². The molecule has 0 saturated heterocycles. The number of hydrogen-bond donors (Lipinski definition) is 0. The molecule has 0 spiro atoms. The summed E-state index contributed by atoms with van der Waals surface area (Å²) < 4.78 is 0. The minimum Gasteiger partial charge on any atom is -0.212 e. The van der Waals surface area contributed by atoms with E-state index in [0.717, 1.165) is 6.42 Å². The maximum Gasteiger partial charge on any atom is 0.176 e. The van der Waals surface area contributed by atoms with Crippen LogP contribution in [0.25, 0.3) is 0 Å². The Hall–Kier alpha value is 0.250. The lowest BCUT2D eigenvalue weighted by molar-refractivity contribution is -0.0165. The summed E-state index contributed by atoms with van der Waals surface area (Å²) in [7, 11) is 0. The van der Waals surface area contributed by atoms with E-state index in [1.54, 1.807) is 0 Å². The van der Waals surface area contributed by atoms with Gasteiger partial charge in [0.1, 0.15) is 0 Å². The van der Waals surface area contributed by atoms with Crippen LogP contribution in [0.15, 0.2) is 0 Å². The van der Waals surface area contributed by atoms with E-state index in [0.29, 0.717) is 12.8 Å². The summed E-state index contributed by atoms with van der Waals surface area (Å²) in [6, 6.07) is 0. The molecular formula is C4H6ClO. The Balaban J connectivity index is 2.31. The first-order valence-corrected chi connectivity index (χ1v) is 2.48. The molecule has 1 aliphatic carbocycles. The van der Waals surface area contributed by atoms with Gasteiger partial charge in [-0.1, -0.05) is 11.6 Å². The molecule has 0 heterocycles. The maximum atomic E-state index is 10.3. The summed E-state index contributed by atoms with van der Waals surface area (Å²) >= 11 is 5.25. The second kappa shape index (κ2) is 1.11. The Bertz CT molecular complexity index is 54.6. The van der Waals surface area contributed by atoms with Crippen molar-refractivity contribution in [2.45, 2.75) is 24.3 Å². The molecule has 0 unspecified atom stereocenters. The quantitative estimate of drug-likeness (QED) is 0.417. The largest absolute Gasteiger partial charge is 0.212 e. The van der Waals surface area contributed by atoms with Crippen LogP contribution in [-0.4, -0.2) is 5.06 Å². The lowest BCUT2D eigenvalue weighted by atomic mass is 9.96. The highest BCUT2D eigenvalue weighted by atomic mass is 35.5. The number of rotatable bonds is 0. The predicted molar refractivity (Wildman–Crippen MR) is 23.1 cm³/mol. The van der Waals surface area contributed by atoms with Crippen LogP contribution in [0.1, 0.15) is 19.3 Å². The molecule has 0 amide bonds. The van der Waals surface area contributed by atoms with Crippen LogP contribution >= 0.6 is 11.6 Å². The SMILES string of the molecule is [O]C1(Cl)CCC1. The van der Waals surface area contributed by atoms with Gasteiger partial charge in [-0.3, -0.25) is 0 Å². The van der Waals surface area contributed by atoms with Gasteiger partial charge in [0.25, 0.3) is 0 Å². The van der Waals surface area contributed by atoms with Crippen LogP contribution in [0.4, 0.5) is 0 Å². The molecule has 0 aromatic heterocycles. The summed E-state index contributed by atoms with van der Waals surface area (Å²) in [5.41, 5.74) is 0. The van der Waals surface area contributed by atoms with Crippen molar-refractivity contribution in [3.05, 3.63) is 0 Å². The first-order chi connectivity index (χ1) is 2.71. The molecule has 6 heavy (non-hydrogen) atoms. The summed E-state index contributed by atoms with van der Waals surface area (Å²) in [4.78, 5) is 0. The molecule has 1 nitrogen and oxygen atoms in total. The molecular weight excluding hydrogens is 99.5 g/mol. The Kier molecular flexibility index (Phi) is 0.815. The van der Waals surface area contributed by atoms with Crippen molar-refractivity contribution in [1.29, 1.82) is 0 Å². The monoisotopic (exact) mass is 105 g/mol. The van der Waals surface area contributed by atoms with Crippen molar-refractivity contribution < 1.29 is 5.11 Å². The average Bonchev–Trinajstić information content (AvgIpc) is 1.32. The minimum atomic E-state index is -1.06. The van der Waals surface area contributed by atoms with Crippen LogP contribution in [-0.2, 0) is 5.11 Å². The molecule has 0 bridgehead atoms. The van der Waals surface area contributed by atoms with Crippen LogP contribution in [0.5, 0.6) is 0 Å². The second-order valence-corrected chi connectivity index (χ2v) is 2.43. The molecule has 0 aromatic carbocycles. The van der Waals surface area contributed by atoms with Gasteiger partial charge in [-0.2, -0.15) is 0 Å². The van der Waals surface area contributed by atoms with Gasteiger partial charge in [0.15, 0.2) is 5.06 Å². The first kappa shape index (κ1) is 4.41. The summed E-state index contributed by atoms with van der Waals surface area (Å²) in [6.07, 6.45) is 2.34. The van der Waals surface area contributed by atoms with Crippen molar-refractivity contribution in [2.24, 2.45) is 0 Å². The average molecular weight is 106 g/mol. The normalized spacial score (nSPS) is 29.0. The summed E-state index contributed by atoms with van der Waals surface area (Å²) in [5, 5.41) is 9.27. The highest BCUT2D eigenvalue weighted by molar-refractivity contribution is 6.23. The van der Waals surface area contributed by atoms with Gasteiger partial charge < -0.3 is 0 Å². The third-order valence-corrected chi connectivity index (χ3v) is 1.48. The zero-order valence-corrected chi connectivity index (χ0v) is 4.16. The lowest BCUT2D eigenvalue weighted by Crippen LogP contribution is -2.27. The molecule has 0 atom stereocenters. The molecule has 0 aliphatic heterocycles. The molecule has 1 radical (unpaired) electrons. The molecule has 1 saturated carbocycles. The van der Waals surface area contributed by atoms with Gasteiger partial charge in [0.2, 0.25) is 0 Å². The van der Waals surface area contributed by atoms with Crippen LogP contribution in [0, 0.1) is 0 Å². The van der Waals surface area contributed by atoms with E-state index in [1.165, 1.54) is 0 Å². The highest BCUT2D eigenvalue weighted by Crippen LogP contribution is 2.35. The number of hydrogen-bond acceptors (Lipinski definition) is 0. The third-order valence-electron chi connectivity index (χ3n) is 1.10. The minimum absolute atomic E-state index is 0.661. The number of halogens is 1. The van der Waals surface area contributed by atoms with Gasteiger partial charge in [-0.05, 0) is 19.3 Å². The summed E-state index contributed by atoms with van der Waals surface area (Å²) in [6.45, 7) is 0. The van der Waals surface area contributed by atoms with E-state index in [2.05, 4.69) is 0 Å². The standard InChI is InChI=1S/C4H6ClO/c5-4(6)2-1-3-4/h1-3H2. The van der Waals surface area contributed by atoms with Gasteiger partial charge >= 0.3 is 0 Å². The number of alkyl halides is 1. The zero-order valence-electron chi connectivity index (χ0n) is 3.41. The molecule has 2 heteroatoms. The third kappa shape index (κ3) is 0.660. The van der Waals surface area contributed by atoms with Gasteiger partial charge in [-0.15, -0.1) is 0 Å². The van der Waals surface area contributed by atoms with E-state index >= 15 is 0 Å². The summed E-state index contributed by atoms with van der Waals surface area (Å²) in [5.74, 6) is 0. The van der Waals surface area contributed by atoms with E-state index in [-0.39, 0.29) is 0 Å². The predicted octanol–water partition coefficient (Wildman–Crippen LogP) is 1.54. The molecule has 1 rings (SSSR count). The van der Waals surface area contributed by atoms with Gasteiger partial charge in [0.05, 0.1) is 0 Å². The van der Waals surface area contributed by atoms with Crippen molar-refractivity contribution in [3.8, 4) is 0 Å². The molecule has 35 valence electrons. The van der Waals surface area contributed by atoms with Crippen molar-refractivity contribution in [3.63, 3.8) is 0 Å². The van der Waals surface area contributed by atoms with Crippen molar-refractivity contribution in [2.75, 3.05) is 0 Å². The second-order valence-electron chi connectivity index (χ2n) is 1.74. The lowest BCUT2D eigenvalue weighted by Gasteiger charge is -2.26. The van der Waals surface area contributed by atoms with Gasteiger partial charge in [0, 0.05) is 0 Å².